The molecule has 0 aliphatic rings. The van der Waals surface area contributed by atoms with Crippen molar-refractivity contribution in [2.24, 2.45) is 5.73 Å². The molecule has 0 saturated heterocycles. The van der Waals surface area contributed by atoms with Crippen LogP contribution in [-0.4, -0.2) is 59.9 Å². The Hall–Kier alpha value is -2.56. The lowest BCUT2D eigenvalue weighted by molar-refractivity contribution is -0.161. The maximum Gasteiger partial charge on any atom is 0.472 e. The highest BCUT2D eigenvalue weighted by molar-refractivity contribution is 7.47. The van der Waals surface area contributed by atoms with Crippen molar-refractivity contribution in [3.05, 3.63) is 48.6 Å². The van der Waals surface area contributed by atoms with Gasteiger partial charge in [0.1, 0.15) is 12.6 Å². The Balaban J connectivity index is 4.58. The molecule has 11 nitrogen and oxygen atoms in total. The Morgan fingerprint density at radius 2 is 1.19 bits per heavy atom. The minimum absolute atomic E-state index is 0.122. The molecule has 0 radical (unpaired) electrons. The highest BCUT2D eigenvalue weighted by Crippen LogP contribution is 2.43. The van der Waals surface area contributed by atoms with Crippen molar-refractivity contribution in [2.45, 2.75) is 135 Å². The molecule has 0 rings (SSSR count). The number of hydrogen-bond acceptors (Lipinski definition) is 9. The molecule has 4 N–H and O–H groups in total. The number of ether oxygens (including phenoxy) is 2. The average Bonchev–Trinajstić information content (AvgIpc) is 3.04. The van der Waals surface area contributed by atoms with Gasteiger partial charge in [0.25, 0.3) is 0 Å². The van der Waals surface area contributed by atoms with Crippen molar-refractivity contribution >= 4 is 25.7 Å². The molecule has 12 heteroatoms. The van der Waals surface area contributed by atoms with Crippen LogP contribution in [0.1, 0.15) is 123 Å². The van der Waals surface area contributed by atoms with Crippen LogP contribution in [0.3, 0.4) is 0 Å². The molecule has 3 unspecified atom stereocenters. The lowest BCUT2D eigenvalue weighted by Crippen LogP contribution is -2.34. The first kappa shape index (κ1) is 44.4. The maximum absolute atomic E-state index is 12.5. The van der Waals surface area contributed by atoms with Gasteiger partial charge in [0, 0.05) is 12.8 Å². The Morgan fingerprint density at radius 3 is 1.83 bits per heavy atom. The minimum Gasteiger partial charge on any atom is -0.480 e. The van der Waals surface area contributed by atoms with Crippen LogP contribution in [0.15, 0.2) is 48.6 Å². The summed E-state index contributed by atoms with van der Waals surface area (Å²) in [5.41, 5.74) is 5.30. The third kappa shape index (κ3) is 30.5. The molecule has 0 saturated carbocycles. The lowest BCUT2D eigenvalue weighted by atomic mass is 10.1. The first-order valence-corrected chi connectivity index (χ1v) is 18.7. The molecule has 0 bridgehead atoms. The summed E-state index contributed by atoms with van der Waals surface area (Å²) in [6.07, 6.45) is 30.6. The Bertz CT molecular complexity index is 995. The van der Waals surface area contributed by atoms with Crippen LogP contribution in [0.2, 0.25) is 0 Å². The molecule has 0 aliphatic carbocycles. The molecule has 0 aliphatic heterocycles. The van der Waals surface area contributed by atoms with Gasteiger partial charge in [-0.25, -0.2) is 4.57 Å². The fourth-order valence-electron chi connectivity index (χ4n) is 4.08. The number of hydrogen-bond donors (Lipinski definition) is 3. The van der Waals surface area contributed by atoms with Crippen LogP contribution in [-0.2, 0) is 37.5 Å². The number of unbranched alkanes of at least 4 members (excludes halogenated alkanes) is 9. The molecule has 0 aromatic heterocycles. The van der Waals surface area contributed by atoms with Gasteiger partial charge in [-0.3, -0.25) is 23.4 Å². The summed E-state index contributed by atoms with van der Waals surface area (Å²) < 4.78 is 32.4. The average molecular weight is 686 g/mol. The number of nitrogens with two attached hydrogens (primary N) is 1. The Kier molecular flexibility index (Phi) is 29.1. The van der Waals surface area contributed by atoms with Crippen LogP contribution in [0.25, 0.3) is 0 Å². The van der Waals surface area contributed by atoms with Crippen molar-refractivity contribution in [1.82, 2.24) is 0 Å². The lowest BCUT2D eigenvalue weighted by Gasteiger charge is -2.20. The second kappa shape index (κ2) is 30.8. The molecule has 0 aromatic carbocycles. The van der Waals surface area contributed by atoms with Gasteiger partial charge in [0.2, 0.25) is 0 Å². The zero-order chi connectivity index (χ0) is 35.0. The van der Waals surface area contributed by atoms with E-state index in [-0.39, 0.29) is 19.4 Å². The zero-order valence-electron chi connectivity index (χ0n) is 28.6. The number of aliphatic carboxylic acids is 1. The molecular formula is C35H60NO10P. The SMILES string of the molecule is CC/C=C\C/C=C\C/C=C\CCCCCC(=O)OC(COC(=O)CCCCCCC/C=C\CCC)COP(=O)(O)OCC(N)C(=O)O. The van der Waals surface area contributed by atoms with E-state index in [9.17, 15) is 23.8 Å². The quantitative estimate of drug-likeness (QED) is 0.0280. The molecule has 270 valence electrons. The Morgan fingerprint density at radius 1 is 0.681 bits per heavy atom. The van der Waals surface area contributed by atoms with E-state index in [1.807, 2.05) is 0 Å². The molecule has 0 aromatic rings. The third-order valence-electron chi connectivity index (χ3n) is 6.79. The predicted molar refractivity (Wildman–Crippen MR) is 185 cm³/mol. The fourth-order valence-corrected chi connectivity index (χ4v) is 4.86. The summed E-state index contributed by atoms with van der Waals surface area (Å²) in [7, 11) is -4.71. The normalized spacial score (nSPS) is 14.6. The number of carbonyl (C=O) groups excluding carboxylic acids is 2. The van der Waals surface area contributed by atoms with E-state index < -0.39 is 51.1 Å². The van der Waals surface area contributed by atoms with Crippen molar-refractivity contribution in [3.63, 3.8) is 0 Å². The van der Waals surface area contributed by atoms with E-state index in [0.717, 1.165) is 83.5 Å². The number of esters is 2. The third-order valence-corrected chi connectivity index (χ3v) is 7.74. The first-order valence-electron chi connectivity index (χ1n) is 17.2. The number of phosphoric acid groups is 1. The number of allylic oxidation sites excluding steroid dienone is 8. The van der Waals surface area contributed by atoms with Crippen LogP contribution in [0.5, 0.6) is 0 Å². The van der Waals surface area contributed by atoms with E-state index in [4.69, 9.17) is 24.8 Å². The van der Waals surface area contributed by atoms with Gasteiger partial charge in [-0.2, -0.15) is 0 Å². The summed E-state index contributed by atoms with van der Waals surface area (Å²) in [4.78, 5) is 45.5. The Labute approximate surface area is 282 Å². The van der Waals surface area contributed by atoms with Gasteiger partial charge in [-0.15, -0.1) is 0 Å². The standard InChI is InChI=1S/C35H60NO10P/c1-3-5-7-9-11-13-15-16-17-19-21-23-25-27-34(38)46-31(29-44-47(41,42)45-30-32(36)35(39)40)28-43-33(37)26-24-22-20-18-14-12-10-8-6-4-2/h5,7-8,10-11,13,16-17,31-32H,3-4,6,9,12,14-15,18-30,36H2,1-2H3,(H,39,40)(H,41,42)/b7-5-,10-8-,13-11-,17-16-. The molecule has 0 spiro atoms. The molecule has 0 fully saturated rings. The van der Waals surface area contributed by atoms with E-state index in [1.54, 1.807) is 0 Å². The van der Waals surface area contributed by atoms with Crippen LogP contribution >= 0.6 is 7.82 Å². The molecule has 0 heterocycles. The van der Waals surface area contributed by atoms with Gasteiger partial charge in [0.05, 0.1) is 13.2 Å². The minimum atomic E-state index is -4.71. The van der Waals surface area contributed by atoms with Crippen molar-refractivity contribution in [3.8, 4) is 0 Å². The fraction of sp³-hybridized carbons (Fsp3) is 0.686. The highest BCUT2D eigenvalue weighted by Gasteiger charge is 2.28. The van der Waals surface area contributed by atoms with E-state index >= 15 is 0 Å². The summed E-state index contributed by atoms with van der Waals surface area (Å²) in [6, 6.07) is -1.53. The second-order valence-electron chi connectivity index (χ2n) is 11.3. The summed E-state index contributed by atoms with van der Waals surface area (Å²) >= 11 is 0. The number of carbonyl (C=O) groups is 3. The van der Waals surface area contributed by atoms with Crippen LogP contribution in [0.4, 0.5) is 0 Å². The zero-order valence-corrected chi connectivity index (χ0v) is 29.5. The smallest absolute Gasteiger partial charge is 0.472 e. The topological polar surface area (TPSA) is 172 Å². The van der Waals surface area contributed by atoms with Gasteiger partial charge in [-0.05, 0) is 64.2 Å². The largest absolute Gasteiger partial charge is 0.480 e. The molecule has 3 atom stereocenters. The number of rotatable bonds is 31. The van der Waals surface area contributed by atoms with E-state index in [1.165, 1.54) is 0 Å². The highest BCUT2D eigenvalue weighted by atomic mass is 31.2. The molecule has 0 amide bonds. The van der Waals surface area contributed by atoms with Gasteiger partial charge in [0.15, 0.2) is 6.10 Å². The summed E-state index contributed by atoms with van der Waals surface area (Å²) in [6.45, 7) is 2.53. The van der Waals surface area contributed by atoms with Crippen molar-refractivity contribution < 1.29 is 47.5 Å². The monoisotopic (exact) mass is 685 g/mol. The number of carboxylic acids is 1. The molecule has 47 heavy (non-hydrogen) atoms. The maximum atomic E-state index is 12.5. The van der Waals surface area contributed by atoms with E-state index in [0.29, 0.717) is 12.8 Å². The summed E-state index contributed by atoms with van der Waals surface area (Å²) in [5.74, 6) is -2.44. The predicted octanol–water partition coefficient (Wildman–Crippen LogP) is 7.88. The number of carboxylic acid groups (broad SMARTS) is 1. The summed E-state index contributed by atoms with van der Waals surface area (Å²) in [5, 5.41) is 8.83. The van der Waals surface area contributed by atoms with Crippen LogP contribution < -0.4 is 5.73 Å². The number of phosphoric ester groups is 1. The van der Waals surface area contributed by atoms with Crippen molar-refractivity contribution in [2.75, 3.05) is 19.8 Å². The van der Waals surface area contributed by atoms with Gasteiger partial charge < -0.3 is 25.2 Å². The van der Waals surface area contributed by atoms with Crippen molar-refractivity contribution in [1.29, 1.82) is 0 Å². The first-order chi connectivity index (χ1) is 22.6. The molecular weight excluding hydrogens is 625 g/mol. The van der Waals surface area contributed by atoms with E-state index in [2.05, 4.69) is 67.0 Å². The van der Waals surface area contributed by atoms with Gasteiger partial charge in [-0.1, -0.05) is 94.6 Å². The van der Waals surface area contributed by atoms with Gasteiger partial charge >= 0.3 is 25.7 Å². The van der Waals surface area contributed by atoms with Crippen LogP contribution in [0, 0.1) is 0 Å². The second-order valence-corrected chi connectivity index (χ2v) is 12.7.